The van der Waals surface area contributed by atoms with Crippen molar-refractivity contribution in [2.75, 3.05) is 19.7 Å². The molecular weight excluding hydrogens is 646 g/mol. The molecule has 0 spiro atoms. The molecule has 1 aromatic carbocycles. The van der Waals surface area contributed by atoms with Crippen molar-refractivity contribution in [3.63, 3.8) is 0 Å². The Labute approximate surface area is 294 Å². The Bertz CT molecular complexity index is 1360. The van der Waals surface area contributed by atoms with Gasteiger partial charge in [0.05, 0.1) is 19.2 Å². The molecule has 0 aliphatic carbocycles. The van der Waals surface area contributed by atoms with Crippen molar-refractivity contribution in [3.05, 3.63) is 35.9 Å². The highest BCUT2D eigenvalue weighted by Crippen LogP contribution is 2.22. The van der Waals surface area contributed by atoms with Crippen molar-refractivity contribution in [2.45, 2.75) is 122 Å². The number of alkyl carbamates (subject to hydrolysis) is 1. The Balaban J connectivity index is 1.67. The van der Waals surface area contributed by atoms with Crippen LogP contribution in [0.25, 0.3) is 0 Å². The molecular formula is C36H53N5O9. The predicted molar refractivity (Wildman–Crippen MR) is 183 cm³/mol. The number of benzene rings is 1. The quantitative estimate of drug-likeness (QED) is 0.210. The van der Waals surface area contributed by atoms with Crippen molar-refractivity contribution in [2.24, 2.45) is 5.92 Å². The molecule has 276 valence electrons. The maximum absolute atomic E-state index is 13.6. The van der Waals surface area contributed by atoms with Crippen molar-refractivity contribution >= 4 is 41.5 Å². The third kappa shape index (κ3) is 12.8. The summed E-state index contributed by atoms with van der Waals surface area (Å²) in [5, 5.41) is 10.3. The van der Waals surface area contributed by atoms with Crippen LogP contribution in [0.4, 0.5) is 4.79 Å². The van der Waals surface area contributed by atoms with E-state index >= 15 is 0 Å². The fraction of sp³-hybridized carbons (Fsp3) is 0.639. The van der Waals surface area contributed by atoms with E-state index in [2.05, 4.69) is 21.3 Å². The lowest BCUT2D eigenvalue weighted by Gasteiger charge is -2.30. The lowest BCUT2D eigenvalue weighted by atomic mass is 9.99. The molecule has 1 unspecified atom stereocenters. The van der Waals surface area contributed by atoms with Gasteiger partial charge in [-0.2, -0.15) is 0 Å². The normalized spacial score (nSPS) is 21.2. The molecule has 2 heterocycles. The molecule has 2 aliphatic rings. The second kappa shape index (κ2) is 19.0. The molecule has 2 aliphatic heterocycles. The zero-order valence-electron chi connectivity index (χ0n) is 29.9. The second-order valence-corrected chi connectivity index (χ2v) is 14.3. The number of amides is 5. The number of rotatable bonds is 10. The van der Waals surface area contributed by atoms with Gasteiger partial charge in [0.1, 0.15) is 17.7 Å². The fourth-order valence-corrected chi connectivity index (χ4v) is 5.85. The zero-order valence-corrected chi connectivity index (χ0v) is 29.9. The third-order valence-corrected chi connectivity index (χ3v) is 8.31. The van der Waals surface area contributed by atoms with Crippen LogP contribution in [0.15, 0.2) is 30.3 Å². The summed E-state index contributed by atoms with van der Waals surface area (Å²) < 4.78 is 10.7. The molecule has 14 heteroatoms. The fourth-order valence-electron chi connectivity index (χ4n) is 5.85. The number of esters is 1. The van der Waals surface area contributed by atoms with E-state index in [0.29, 0.717) is 50.6 Å². The van der Waals surface area contributed by atoms with Crippen molar-refractivity contribution in [1.82, 2.24) is 26.2 Å². The van der Waals surface area contributed by atoms with Crippen LogP contribution in [-0.4, -0.2) is 89.8 Å². The van der Waals surface area contributed by atoms with E-state index in [1.165, 1.54) is 4.90 Å². The van der Waals surface area contributed by atoms with Gasteiger partial charge in [0.25, 0.3) is 5.91 Å². The number of nitrogens with one attached hydrogen (secondary N) is 4. The topological polar surface area (TPSA) is 189 Å². The number of ketones is 1. The second-order valence-electron chi connectivity index (χ2n) is 14.3. The average Bonchev–Trinajstić information content (AvgIpc) is 3.56. The maximum atomic E-state index is 13.6. The van der Waals surface area contributed by atoms with Gasteiger partial charge < -0.3 is 35.6 Å². The minimum Gasteiger partial charge on any atom is -0.458 e. The molecule has 0 aromatic heterocycles. The molecule has 1 aromatic rings. The smallest absolute Gasteiger partial charge is 0.407 e. The number of Topliss-reactive ketones (excluding diaryl/α,β-unsaturated/α-hetero) is 1. The van der Waals surface area contributed by atoms with Crippen LogP contribution < -0.4 is 21.3 Å². The van der Waals surface area contributed by atoms with Crippen molar-refractivity contribution in [3.8, 4) is 0 Å². The van der Waals surface area contributed by atoms with Gasteiger partial charge in [0.15, 0.2) is 6.04 Å². The summed E-state index contributed by atoms with van der Waals surface area (Å²) in [5.41, 5.74) is -0.332. The summed E-state index contributed by atoms with van der Waals surface area (Å²) in [5.74, 6) is -4.24. The highest BCUT2D eigenvalue weighted by atomic mass is 16.6. The summed E-state index contributed by atoms with van der Waals surface area (Å²) in [7, 11) is 0. The number of ether oxygens (including phenoxy) is 2. The van der Waals surface area contributed by atoms with Crippen LogP contribution in [0.3, 0.4) is 0 Å². The first-order valence-electron chi connectivity index (χ1n) is 17.6. The van der Waals surface area contributed by atoms with Gasteiger partial charge >= 0.3 is 12.1 Å². The van der Waals surface area contributed by atoms with E-state index in [-0.39, 0.29) is 18.9 Å². The van der Waals surface area contributed by atoms with Gasteiger partial charge in [-0.3, -0.25) is 24.0 Å². The molecule has 2 fully saturated rings. The first-order chi connectivity index (χ1) is 23.7. The minimum atomic E-state index is -1.18. The van der Waals surface area contributed by atoms with Gasteiger partial charge in [-0.25, -0.2) is 9.59 Å². The van der Waals surface area contributed by atoms with Crippen LogP contribution in [-0.2, 0) is 38.2 Å². The molecule has 14 nitrogen and oxygen atoms in total. The summed E-state index contributed by atoms with van der Waals surface area (Å²) in [6.45, 7) is 8.82. The predicted octanol–water partition coefficient (Wildman–Crippen LogP) is 2.84. The van der Waals surface area contributed by atoms with E-state index < -0.39 is 77.8 Å². The molecule has 50 heavy (non-hydrogen) atoms. The highest BCUT2D eigenvalue weighted by molar-refractivity contribution is 6.38. The van der Waals surface area contributed by atoms with E-state index in [9.17, 15) is 33.6 Å². The number of carbonyl (C=O) groups is 7. The van der Waals surface area contributed by atoms with Crippen LogP contribution in [0.1, 0.15) is 104 Å². The van der Waals surface area contributed by atoms with E-state index in [0.717, 1.165) is 12.8 Å². The van der Waals surface area contributed by atoms with Crippen LogP contribution in [0, 0.1) is 5.92 Å². The SMILES string of the molecule is CC(C)COC(=O)N[C@H]1CCCCCCCC(C(=O)C(=O)NCC(=O)N[C@H](C(=O)OC(C)(C)C)c2ccccc2)NC(=O)[C@@H]2CCCN2C1=O. The van der Waals surface area contributed by atoms with Crippen LogP contribution in [0.2, 0.25) is 0 Å². The Hall–Kier alpha value is -4.49. The highest BCUT2D eigenvalue weighted by Gasteiger charge is 2.39. The van der Waals surface area contributed by atoms with Gasteiger partial charge in [0.2, 0.25) is 23.5 Å². The van der Waals surface area contributed by atoms with E-state index in [1.807, 2.05) is 13.8 Å². The standard InChI is InChI=1S/C36H53N5O9/c1-23(2)22-49-35(48)39-26-18-13-8-6-7-12-17-25(38-31(44)27-19-14-20-41(27)33(26)46)30(43)32(45)37-21-28(42)40-29(24-15-10-9-11-16-24)34(47)50-36(3,4)5/h9-11,15-16,23,25-27,29H,6-8,12-14,17-22H2,1-5H3,(H,37,45)(H,38,44)(H,39,48)(H,40,42)/t25?,26-,27-,29-/m0/s1. The van der Waals surface area contributed by atoms with Crippen LogP contribution in [0.5, 0.6) is 0 Å². The minimum absolute atomic E-state index is 0.123. The lowest BCUT2D eigenvalue weighted by Crippen LogP contribution is -2.56. The molecule has 0 bridgehead atoms. The Kier molecular flexibility index (Phi) is 15.2. The Morgan fingerprint density at radius 3 is 2.24 bits per heavy atom. The summed E-state index contributed by atoms with van der Waals surface area (Å²) in [6.07, 6.45) is 4.32. The molecule has 0 saturated carbocycles. The van der Waals surface area contributed by atoms with E-state index in [1.54, 1.807) is 51.1 Å². The van der Waals surface area contributed by atoms with Gasteiger partial charge in [0, 0.05) is 6.54 Å². The van der Waals surface area contributed by atoms with Crippen molar-refractivity contribution < 1.29 is 43.0 Å². The zero-order chi connectivity index (χ0) is 36.8. The van der Waals surface area contributed by atoms with Gasteiger partial charge in [-0.05, 0) is 57.9 Å². The number of nitrogens with zero attached hydrogens (tertiary/aromatic N) is 1. The number of hydrogen-bond donors (Lipinski definition) is 4. The number of hydrogen-bond acceptors (Lipinski definition) is 9. The monoisotopic (exact) mass is 699 g/mol. The average molecular weight is 700 g/mol. The maximum Gasteiger partial charge on any atom is 0.407 e. The Morgan fingerprint density at radius 2 is 1.58 bits per heavy atom. The molecule has 0 radical (unpaired) electrons. The van der Waals surface area contributed by atoms with Gasteiger partial charge in [-0.15, -0.1) is 0 Å². The number of carbonyl (C=O) groups excluding carboxylic acids is 7. The third-order valence-electron chi connectivity index (χ3n) is 8.31. The van der Waals surface area contributed by atoms with E-state index in [4.69, 9.17) is 9.47 Å². The molecule has 4 N–H and O–H groups in total. The lowest BCUT2D eigenvalue weighted by molar-refractivity contribution is -0.158. The van der Waals surface area contributed by atoms with Crippen LogP contribution >= 0.6 is 0 Å². The summed E-state index contributed by atoms with van der Waals surface area (Å²) in [4.78, 5) is 93.3. The van der Waals surface area contributed by atoms with Gasteiger partial charge in [-0.1, -0.05) is 76.3 Å². The number of fused-ring (bicyclic) bond motifs is 1. The molecule has 4 atom stereocenters. The molecule has 5 amide bonds. The Morgan fingerprint density at radius 1 is 0.920 bits per heavy atom. The first-order valence-corrected chi connectivity index (χ1v) is 17.6. The molecule has 2 saturated heterocycles. The largest absolute Gasteiger partial charge is 0.458 e. The van der Waals surface area contributed by atoms with Crippen molar-refractivity contribution in [1.29, 1.82) is 0 Å². The molecule has 3 rings (SSSR count). The summed E-state index contributed by atoms with van der Waals surface area (Å²) in [6, 6.07) is 4.43. The first kappa shape index (κ1) is 39.9. The summed E-state index contributed by atoms with van der Waals surface area (Å²) >= 11 is 0.